The van der Waals surface area contributed by atoms with Gasteiger partial charge in [-0.25, -0.2) is 4.52 Å². The molecule has 0 fully saturated rings. The van der Waals surface area contributed by atoms with Crippen molar-refractivity contribution < 1.29 is 0 Å². The summed E-state index contributed by atoms with van der Waals surface area (Å²) in [4.78, 5) is 0. The van der Waals surface area contributed by atoms with Crippen LogP contribution < -0.4 is 0 Å². The van der Waals surface area contributed by atoms with Crippen LogP contribution in [0.4, 0.5) is 0 Å². The number of rotatable bonds is 3. The van der Waals surface area contributed by atoms with Gasteiger partial charge in [0.1, 0.15) is 0 Å². The largest absolute Gasteiger partial charge is 0.240 e. The fourth-order valence-electron chi connectivity index (χ4n) is 2.02. The van der Waals surface area contributed by atoms with Crippen molar-refractivity contribution in [3.8, 4) is 0 Å². The van der Waals surface area contributed by atoms with E-state index in [0.717, 1.165) is 6.42 Å². The topological polar surface area (TPSA) is 17.3 Å². The Hall–Kier alpha value is -1.02. The van der Waals surface area contributed by atoms with Crippen LogP contribution in [0.25, 0.3) is 5.52 Å². The maximum absolute atomic E-state index is 6.11. The predicted octanol–water partition coefficient (Wildman–Crippen LogP) is 3.63. The lowest BCUT2D eigenvalue weighted by Gasteiger charge is -2.06. The Morgan fingerprint density at radius 1 is 1.31 bits per heavy atom. The molecule has 0 aliphatic carbocycles. The fraction of sp³-hybridized carbons (Fsp3) is 0.462. The zero-order chi connectivity index (χ0) is 11.7. The van der Waals surface area contributed by atoms with Gasteiger partial charge in [0.25, 0.3) is 0 Å². The molecule has 0 spiro atoms. The predicted molar refractivity (Wildman–Crippen MR) is 68.3 cm³/mol. The van der Waals surface area contributed by atoms with Crippen LogP contribution in [0.3, 0.4) is 0 Å². The van der Waals surface area contributed by atoms with Crippen molar-refractivity contribution >= 4 is 17.1 Å². The maximum atomic E-state index is 6.11. The molecule has 0 aliphatic heterocycles. The second kappa shape index (κ2) is 4.46. The average Bonchev–Trinajstić information content (AvgIpc) is 2.57. The van der Waals surface area contributed by atoms with Gasteiger partial charge in [-0.15, -0.1) is 11.6 Å². The first-order valence-electron chi connectivity index (χ1n) is 5.69. The van der Waals surface area contributed by atoms with E-state index >= 15 is 0 Å². The molecule has 0 aromatic carbocycles. The van der Waals surface area contributed by atoms with Crippen LogP contribution >= 0.6 is 11.6 Å². The van der Waals surface area contributed by atoms with Crippen LogP contribution in [0.15, 0.2) is 24.4 Å². The van der Waals surface area contributed by atoms with Gasteiger partial charge >= 0.3 is 0 Å². The minimum absolute atomic E-state index is 0.144. The highest BCUT2D eigenvalue weighted by atomic mass is 35.5. The third kappa shape index (κ3) is 2.07. The van der Waals surface area contributed by atoms with E-state index in [0.29, 0.717) is 5.92 Å². The van der Waals surface area contributed by atoms with Crippen molar-refractivity contribution in [1.82, 2.24) is 9.61 Å². The molecular weight excluding hydrogens is 220 g/mol. The highest BCUT2D eigenvalue weighted by molar-refractivity contribution is 6.20. The van der Waals surface area contributed by atoms with E-state index in [-0.39, 0.29) is 5.38 Å². The summed E-state index contributed by atoms with van der Waals surface area (Å²) in [5.41, 5.74) is 3.63. The van der Waals surface area contributed by atoms with E-state index in [9.17, 15) is 0 Å². The van der Waals surface area contributed by atoms with Crippen molar-refractivity contribution in [3.05, 3.63) is 35.7 Å². The van der Waals surface area contributed by atoms with E-state index < -0.39 is 0 Å². The van der Waals surface area contributed by atoms with E-state index in [2.05, 4.69) is 25.0 Å². The summed E-state index contributed by atoms with van der Waals surface area (Å²) in [6, 6.07) is 6.15. The minimum atomic E-state index is 0.144. The molecule has 2 rings (SSSR count). The summed E-state index contributed by atoms with van der Waals surface area (Å²) in [6.45, 7) is 6.37. The molecule has 0 amide bonds. The van der Waals surface area contributed by atoms with Gasteiger partial charge in [-0.1, -0.05) is 19.9 Å². The van der Waals surface area contributed by atoms with E-state index in [1.54, 1.807) is 0 Å². The highest BCUT2D eigenvalue weighted by Crippen LogP contribution is 2.24. The van der Waals surface area contributed by atoms with E-state index in [1.807, 2.05) is 29.8 Å². The first kappa shape index (κ1) is 11.5. The van der Waals surface area contributed by atoms with Gasteiger partial charge < -0.3 is 0 Å². The molecule has 2 aromatic rings. The van der Waals surface area contributed by atoms with Crippen LogP contribution in [-0.4, -0.2) is 15.0 Å². The van der Waals surface area contributed by atoms with Gasteiger partial charge in [0.2, 0.25) is 0 Å². The Bertz CT molecular complexity index is 486. The van der Waals surface area contributed by atoms with Crippen LogP contribution in [0, 0.1) is 0 Å². The molecule has 0 radical (unpaired) electrons. The number of alkyl halides is 1. The molecule has 2 nitrogen and oxygen atoms in total. The summed E-state index contributed by atoms with van der Waals surface area (Å²) in [7, 11) is 0. The second-order valence-corrected chi connectivity index (χ2v) is 5.28. The summed E-state index contributed by atoms with van der Waals surface area (Å²) in [6.07, 6.45) is 2.87. The molecular formula is C13H17ClN2. The number of nitrogens with zero attached hydrogens (tertiary/aromatic N) is 2. The van der Waals surface area contributed by atoms with Crippen molar-refractivity contribution in [3.63, 3.8) is 0 Å². The quantitative estimate of drug-likeness (QED) is 0.744. The van der Waals surface area contributed by atoms with Gasteiger partial charge in [0.15, 0.2) is 0 Å². The number of hydrogen-bond acceptors (Lipinski definition) is 1. The SMILES string of the molecule is CC(Cl)Cc1c(C(C)C)nn2ccccc12. The molecule has 0 saturated carbocycles. The molecule has 1 atom stereocenters. The maximum Gasteiger partial charge on any atom is 0.0697 e. The molecule has 0 bridgehead atoms. The monoisotopic (exact) mass is 236 g/mol. The van der Waals surface area contributed by atoms with Gasteiger partial charge in [-0.05, 0) is 31.4 Å². The number of aromatic nitrogens is 2. The zero-order valence-corrected chi connectivity index (χ0v) is 10.7. The summed E-state index contributed by atoms with van der Waals surface area (Å²) >= 11 is 6.11. The first-order chi connectivity index (χ1) is 7.59. The molecule has 16 heavy (non-hydrogen) atoms. The molecule has 0 saturated heterocycles. The zero-order valence-electron chi connectivity index (χ0n) is 9.94. The number of hydrogen-bond donors (Lipinski definition) is 0. The lowest BCUT2D eigenvalue weighted by Crippen LogP contribution is -2.01. The van der Waals surface area contributed by atoms with Crippen LogP contribution in [0.2, 0.25) is 0 Å². The Labute approximate surface area is 101 Å². The van der Waals surface area contributed by atoms with Crippen molar-refractivity contribution in [1.29, 1.82) is 0 Å². The smallest absolute Gasteiger partial charge is 0.0697 e. The Morgan fingerprint density at radius 2 is 2.06 bits per heavy atom. The number of pyridine rings is 1. The van der Waals surface area contributed by atoms with Crippen LogP contribution in [-0.2, 0) is 6.42 Å². The van der Waals surface area contributed by atoms with Gasteiger partial charge in [-0.3, -0.25) is 0 Å². The van der Waals surface area contributed by atoms with Crippen molar-refractivity contribution in [2.24, 2.45) is 0 Å². The third-order valence-corrected chi connectivity index (χ3v) is 2.86. The Morgan fingerprint density at radius 3 is 2.69 bits per heavy atom. The van der Waals surface area contributed by atoms with Gasteiger partial charge in [-0.2, -0.15) is 5.10 Å². The average molecular weight is 237 g/mol. The lowest BCUT2D eigenvalue weighted by molar-refractivity contribution is 0.771. The minimum Gasteiger partial charge on any atom is -0.240 e. The summed E-state index contributed by atoms with van der Waals surface area (Å²) < 4.78 is 1.95. The number of halogens is 1. The Kier molecular flexibility index (Phi) is 3.20. The molecule has 1 unspecified atom stereocenters. The van der Waals surface area contributed by atoms with Gasteiger partial charge in [0.05, 0.1) is 11.2 Å². The number of fused-ring (bicyclic) bond motifs is 1. The molecule has 0 N–H and O–H groups in total. The van der Waals surface area contributed by atoms with Crippen LogP contribution in [0.5, 0.6) is 0 Å². The normalized spacial score (nSPS) is 13.6. The second-order valence-electron chi connectivity index (χ2n) is 4.53. The van der Waals surface area contributed by atoms with Crippen LogP contribution in [0.1, 0.15) is 37.9 Å². The van der Waals surface area contributed by atoms with Gasteiger partial charge in [0, 0.05) is 17.1 Å². The van der Waals surface area contributed by atoms with Crippen molar-refractivity contribution in [2.75, 3.05) is 0 Å². The standard InChI is InChI=1S/C13H17ClN2/c1-9(2)13-11(8-10(3)14)12-6-4-5-7-16(12)15-13/h4-7,9-10H,8H2,1-3H3. The molecule has 3 heteroatoms. The third-order valence-electron chi connectivity index (χ3n) is 2.71. The molecule has 86 valence electrons. The molecule has 2 heterocycles. The van der Waals surface area contributed by atoms with Crippen molar-refractivity contribution in [2.45, 2.75) is 38.5 Å². The highest BCUT2D eigenvalue weighted by Gasteiger charge is 2.16. The molecule has 2 aromatic heterocycles. The summed E-state index contributed by atoms with van der Waals surface area (Å²) in [5, 5.41) is 4.77. The Balaban J connectivity index is 2.60. The first-order valence-corrected chi connectivity index (χ1v) is 6.13. The van der Waals surface area contributed by atoms with E-state index in [1.165, 1.54) is 16.8 Å². The molecule has 0 aliphatic rings. The van der Waals surface area contributed by atoms with E-state index in [4.69, 9.17) is 11.6 Å². The lowest BCUT2D eigenvalue weighted by atomic mass is 10.0. The fourth-order valence-corrected chi connectivity index (χ4v) is 2.18. The summed E-state index contributed by atoms with van der Waals surface area (Å²) in [5.74, 6) is 0.435.